The van der Waals surface area contributed by atoms with E-state index in [0.29, 0.717) is 31.4 Å². The van der Waals surface area contributed by atoms with Gasteiger partial charge in [0.2, 0.25) is 5.91 Å². The van der Waals surface area contributed by atoms with E-state index in [2.05, 4.69) is 5.32 Å². The fourth-order valence-electron chi connectivity index (χ4n) is 4.30. The number of anilines is 1. The average molecular weight is 369 g/mol. The van der Waals surface area contributed by atoms with E-state index in [0.717, 1.165) is 36.3 Å². The zero-order valence-electron chi connectivity index (χ0n) is 15.2. The molecule has 2 heterocycles. The Morgan fingerprint density at radius 2 is 1.70 bits per heavy atom. The molecule has 0 bridgehead atoms. The first kappa shape index (κ1) is 17.7. The van der Waals surface area contributed by atoms with Crippen LogP contribution < -0.4 is 10.2 Å². The third-order valence-electron chi connectivity index (χ3n) is 5.83. The minimum absolute atomic E-state index is 0.0891. The van der Waals surface area contributed by atoms with Gasteiger partial charge in [0.25, 0.3) is 5.91 Å². The first-order valence-corrected chi connectivity index (χ1v) is 9.58. The summed E-state index contributed by atoms with van der Waals surface area (Å²) in [5.74, 6) is -0.475. The summed E-state index contributed by atoms with van der Waals surface area (Å²) in [5, 5.41) is 2.82. The molecule has 142 valence electrons. The molecule has 1 spiro atoms. The lowest BCUT2D eigenvalue weighted by Gasteiger charge is -2.30. The molecular formula is C20H23N3O4. The number of nitrogens with zero attached hydrogens (tertiary/aromatic N) is 2. The van der Waals surface area contributed by atoms with E-state index in [1.807, 2.05) is 0 Å². The van der Waals surface area contributed by atoms with Crippen LogP contribution in [0, 0.1) is 0 Å². The van der Waals surface area contributed by atoms with Crippen LogP contribution in [-0.4, -0.2) is 47.2 Å². The van der Waals surface area contributed by atoms with E-state index < -0.39 is 11.6 Å². The Morgan fingerprint density at radius 1 is 1.00 bits per heavy atom. The van der Waals surface area contributed by atoms with Gasteiger partial charge in [-0.25, -0.2) is 4.79 Å². The summed E-state index contributed by atoms with van der Waals surface area (Å²) in [4.78, 5) is 52.2. The zero-order chi connectivity index (χ0) is 19.0. The molecule has 1 saturated carbocycles. The number of carbonyl (C=O) groups excluding carboxylic acids is 4. The van der Waals surface area contributed by atoms with E-state index in [1.165, 1.54) is 0 Å². The van der Waals surface area contributed by atoms with Gasteiger partial charge >= 0.3 is 6.03 Å². The highest BCUT2D eigenvalue weighted by atomic mass is 16.2. The van der Waals surface area contributed by atoms with Gasteiger partial charge in [-0.3, -0.25) is 19.3 Å². The Hall–Kier alpha value is -2.70. The molecule has 1 aromatic carbocycles. The van der Waals surface area contributed by atoms with Crippen LogP contribution >= 0.6 is 0 Å². The molecule has 1 N–H and O–H groups in total. The monoisotopic (exact) mass is 369 g/mol. The molecule has 27 heavy (non-hydrogen) atoms. The van der Waals surface area contributed by atoms with Crippen molar-refractivity contribution in [3.05, 3.63) is 29.8 Å². The second-order valence-electron chi connectivity index (χ2n) is 7.58. The topological polar surface area (TPSA) is 86.8 Å². The summed E-state index contributed by atoms with van der Waals surface area (Å²) in [6, 6.07) is 6.31. The molecule has 0 atom stereocenters. The highest BCUT2D eigenvalue weighted by Gasteiger charge is 2.51. The Morgan fingerprint density at radius 3 is 2.33 bits per heavy atom. The standard InChI is InChI=1S/C20H23N3O4/c24-16(14-6-8-15(9-7-14)22-12-4-5-17(22)25)13-23-18(26)20(21-19(23)27)10-2-1-3-11-20/h6-9H,1-5,10-13H2,(H,21,27). The van der Waals surface area contributed by atoms with Gasteiger partial charge < -0.3 is 10.2 Å². The third kappa shape index (κ3) is 3.11. The van der Waals surface area contributed by atoms with Crippen LogP contribution in [0.15, 0.2) is 24.3 Å². The Balaban J connectivity index is 1.45. The Labute approximate surface area is 157 Å². The van der Waals surface area contributed by atoms with E-state index in [1.54, 1.807) is 29.2 Å². The molecule has 4 amide bonds. The van der Waals surface area contributed by atoms with E-state index in [4.69, 9.17) is 0 Å². The number of amides is 4. The maximum Gasteiger partial charge on any atom is 0.325 e. The molecule has 0 radical (unpaired) electrons. The lowest BCUT2D eigenvalue weighted by atomic mass is 9.82. The van der Waals surface area contributed by atoms with Crippen molar-refractivity contribution in [2.24, 2.45) is 0 Å². The van der Waals surface area contributed by atoms with Crippen molar-refractivity contribution in [2.45, 2.75) is 50.5 Å². The molecule has 2 saturated heterocycles. The number of carbonyl (C=O) groups is 4. The predicted molar refractivity (Wildman–Crippen MR) is 98.4 cm³/mol. The molecule has 0 aromatic heterocycles. The number of nitrogens with one attached hydrogen (secondary N) is 1. The Kier molecular flexibility index (Phi) is 4.45. The van der Waals surface area contributed by atoms with Gasteiger partial charge in [0.15, 0.2) is 5.78 Å². The maximum absolute atomic E-state index is 12.8. The Bertz CT molecular complexity index is 796. The summed E-state index contributed by atoms with van der Waals surface area (Å²) in [5.41, 5.74) is 0.385. The summed E-state index contributed by atoms with van der Waals surface area (Å²) >= 11 is 0. The molecule has 2 aliphatic heterocycles. The molecule has 1 aromatic rings. The highest BCUT2D eigenvalue weighted by molar-refractivity contribution is 6.11. The van der Waals surface area contributed by atoms with Gasteiger partial charge in [-0.05, 0) is 43.5 Å². The van der Waals surface area contributed by atoms with Crippen molar-refractivity contribution < 1.29 is 19.2 Å². The normalized spacial score (nSPS) is 21.9. The second kappa shape index (κ2) is 6.79. The number of hydrogen-bond acceptors (Lipinski definition) is 4. The number of hydrogen-bond donors (Lipinski definition) is 1. The first-order chi connectivity index (χ1) is 13.0. The van der Waals surface area contributed by atoms with Crippen LogP contribution in [0.2, 0.25) is 0 Å². The summed E-state index contributed by atoms with van der Waals surface area (Å²) in [7, 11) is 0. The van der Waals surface area contributed by atoms with Gasteiger partial charge in [0.05, 0.1) is 6.54 Å². The van der Waals surface area contributed by atoms with Crippen molar-refractivity contribution in [2.75, 3.05) is 18.0 Å². The fourth-order valence-corrected chi connectivity index (χ4v) is 4.30. The fraction of sp³-hybridized carbons (Fsp3) is 0.500. The third-order valence-corrected chi connectivity index (χ3v) is 5.83. The van der Waals surface area contributed by atoms with Crippen LogP contribution in [0.25, 0.3) is 0 Å². The minimum atomic E-state index is -0.810. The lowest BCUT2D eigenvalue weighted by molar-refractivity contribution is -0.132. The van der Waals surface area contributed by atoms with Crippen LogP contribution in [0.5, 0.6) is 0 Å². The SMILES string of the molecule is O=C(CN1C(=O)NC2(CCCCC2)C1=O)c1ccc(N2CCCC2=O)cc1. The molecular weight excluding hydrogens is 346 g/mol. The smallest absolute Gasteiger partial charge is 0.323 e. The molecule has 3 aliphatic rings. The van der Waals surface area contributed by atoms with Gasteiger partial charge in [0.1, 0.15) is 5.54 Å². The molecule has 4 rings (SSSR count). The molecule has 3 fully saturated rings. The molecule has 1 aliphatic carbocycles. The van der Waals surface area contributed by atoms with E-state index >= 15 is 0 Å². The predicted octanol–water partition coefficient (Wildman–Crippen LogP) is 2.25. The van der Waals surface area contributed by atoms with Gasteiger partial charge in [0, 0.05) is 24.2 Å². The highest BCUT2D eigenvalue weighted by Crippen LogP contribution is 2.33. The summed E-state index contributed by atoms with van der Waals surface area (Å²) < 4.78 is 0. The maximum atomic E-state index is 12.8. The van der Waals surface area contributed by atoms with Crippen molar-refractivity contribution in [1.29, 1.82) is 0 Å². The van der Waals surface area contributed by atoms with Crippen LogP contribution in [0.1, 0.15) is 55.3 Å². The van der Waals surface area contributed by atoms with E-state index in [9.17, 15) is 19.2 Å². The molecule has 0 unspecified atom stereocenters. The number of rotatable bonds is 4. The summed E-state index contributed by atoms with van der Waals surface area (Å²) in [6.45, 7) is 0.436. The number of urea groups is 1. The van der Waals surface area contributed by atoms with Crippen LogP contribution in [0.3, 0.4) is 0 Å². The second-order valence-corrected chi connectivity index (χ2v) is 7.58. The van der Waals surface area contributed by atoms with Crippen LogP contribution in [-0.2, 0) is 9.59 Å². The quantitative estimate of drug-likeness (QED) is 0.651. The molecule has 7 nitrogen and oxygen atoms in total. The number of benzene rings is 1. The van der Waals surface area contributed by atoms with Gasteiger partial charge in [-0.1, -0.05) is 19.3 Å². The number of Topliss-reactive ketones (excluding diaryl/α,β-unsaturated/α-hetero) is 1. The van der Waals surface area contributed by atoms with Crippen molar-refractivity contribution in [3.63, 3.8) is 0 Å². The average Bonchev–Trinajstić information content (AvgIpc) is 3.20. The number of ketones is 1. The molecule has 7 heteroatoms. The zero-order valence-corrected chi connectivity index (χ0v) is 15.2. The first-order valence-electron chi connectivity index (χ1n) is 9.58. The van der Waals surface area contributed by atoms with Crippen molar-refractivity contribution in [1.82, 2.24) is 10.2 Å². The largest absolute Gasteiger partial charge is 0.325 e. The minimum Gasteiger partial charge on any atom is -0.323 e. The van der Waals surface area contributed by atoms with Crippen molar-refractivity contribution in [3.8, 4) is 0 Å². The number of imide groups is 1. The van der Waals surface area contributed by atoms with Gasteiger partial charge in [-0.15, -0.1) is 0 Å². The van der Waals surface area contributed by atoms with E-state index in [-0.39, 0.29) is 24.1 Å². The summed E-state index contributed by atoms with van der Waals surface area (Å²) in [6.07, 6.45) is 5.55. The van der Waals surface area contributed by atoms with Gasteiger partial charge in [-0.2, -0.15) is 0 Å². The lowest BCUT2D eigenvalue weighted by Crippen LogP contribution is -2.48. The van der Waals surface area contributed by atoms with Crippen LogP contribution in [0.4, 0.5) is 10.5 Å². The van der Waals surface area contributed by atoms with Crippen molar-refractivity contribution >= 4 is 29.3 Å².